The van der Waals surface area contributed by atoms with E-state index in [2.05, 4.69) is 25.7 Å². The lowest BCUT2D eigenvalue weighted by atomic mass is 9.86. The third kappa shape index (κ3) is 2.69. The lowest BCUT2D eigenvalue weighted by molar-refractivity contribution is -0.119. The van der Waals surface area contributed by atoms with Crippen molar-refractivity contribution in [1.29, 1.82) is 0 Å². The number of carbonyl (C=O) groups excluding carboxylic acids is 1. The molecule has 4 heterocycles. The van der Waals surface area contributed by atoms with Crippen molar-refractivity contribution in [1.82, 2.24) is 14.4 Å². The molecule has 1 unspecified atom stereocenters. The summed E-state index contributed by atoms with van der Waals surface area (Å²) in [5.41, 5.74) is 2.75. The Labute approximate surface area is 172 Å². The molecule has 0 saturated carbocycles. The predicted octanol–water partition coefficient (Wildman–Crippen LogP) is 1.76. The molecule has 3 aliphatic rings. The standard InChI is InChI=1S/C20H20N8O2/c1-20(2)15-4-3-13(9-16(15)24-18(20)30)23-19-25-17-11-21-5-7-28(17,26-19)14-10-22-27(12-14)6-8-29/h3-5,7,9-12,29H,6,8H2,1-2H3,(H-,23,24,26,30)/p+1. The van der Waals surface area contributed by atoms with Crippen molar-refractivity contribution in [2.24, 2.45) is 15.1 Å². The van der Waals surface area contributed by atoms with Crippen molar-refractivity contribution < 1.29 is 9.90 Å². The number of quaternary nitrogens is 1. The molecule has 0 radical (unpaired) electrons. The number of anilines is 2. The number of carbonyl (C=O) groups is 1. The van der Waals surface area contributed by atoms with Gasteiger partial charge in [-0.1, -0.05) is 10.7 Å². The number of amidine groups is 1. The summed E-state index contributed by atoms with van der Waals surface area (Å²) in [5, 5.41) is 24.4. The number of amides is 1. The Balaban J connectivity index is 1.47. The molecule has 0 aliphatic carbocycles. The highest BCUT2D eigenvalue weighted by Gasteiger charge is 2.44. The molecule has 0 spiro atoms. The number of aliphatic imine (C=N–C) groups is 2. The second-order valence-corrected chi connectivity index (χ2v) is 7.81. The number of aliphatic hydroxyl groups excluding tert-OH is 1. The molecule has 1 aromatic carbocycles. The molecule has 1 amide bonds. The molecule has 5 rings (SSSR count). The second-order valence-electron chi connectivity index (χ2n) is 7.81. The molecular weight excluding hydrogens is 384 g/mol. The van der Waals surface area contributed by atoms with Gasteiger partial charge in [0.2, 0.25) is 11.6 Å². The zero-order valence-corrected chi connectivity index (χ0v) is 16.6. The summed E-state index contributed by atoms with van der Waals surface area (Å²) in [6, 6.07) is 5.74. The average Bonchev–Trinajstić information content (AvgIpc) is 3.38. The first-order valence-corrected chi connectivity index (χ1v) is 9.58. The van der Waals surface area contributed by atoms with E-state index < -0.39 is 5.41 Å². The molecule has 10 nitrogen and oxygen atoms in total. The summed E-state index contributed by atoms with van der Waals surface area (Å²) in [4.78, 5) is 21.0. The van der Waals surface area contributed by atoms with Crippen LogP contribution in [0.15, 0.2) is 58.1 Å². The van der Waals surface area contributed by atoms with Crippen molar-refractivity contribution in [2.75, 3.05) is 17.2 Å². The van der Waals surface area contributed by atoms with Crippen LogP contribution in [-0.4, -0.2) is 45.4 Å². The van der Waals surface area contributed by atoms with Gasteiger partial charge in [0.1, 0.15) is 12.4 Å². The number of aliphatic hydroxyl groups is 1. The van der Waals surface area contributed by atoms with Crippen molar-refractivity contribution in [2.45, 2.75) is 25.8 Å². The number of rotatable bonds is 4. The minimum atomic E-state index is -0.551. The molecule has 1 aromatic heterocycles. The smallest absolute Gasteiger partial charge is 0.287 e. The maximum absolute atomic E-state index is 12.2. The van der Waals surface area contributed by atoms with Crippen LogP contribution < -0.4 is 15.2 Å². The van der Waals surface area contributed by atoms with Gasteiger partial charge in [0.05, 0.1) is 31.0 Å². The van der Waals surface area contributed by atoms with E-state index in [4.69, 9.17) is 10.2 Å². The van der Waals surface area contributed by atoms with Crippen LogP contribution in [0.25, 0.3) is 0 Å². The van der Waals surface area contributed by atoms with Gasteiger partial charge in [0, 0.05) is 11.4 Å². The van der Waals surface area contributed by atoms with Crippen LogP contribution in [0.1, 0.15) is 19.4 Å². The molecule has 152 valence electrons. The van der Waals surface area contributed by atoms with Gasteiger partial charge in [-0.05, 0) is 36.6 Å². The van der Waals surface area contributed by atoms with E-state index in [1.165, 1.54) is 0 Å². The number of benzene rings is 1. The molecule has 0 bridgehead atoms. The minimum Gasteiger partial charge on any atom is -0.394 e. The van der Waals surface area contributed by atoms with Gasteiger partial charge in [-0.3, -0.25) is 14.5 Å². The maximum atomic E-state index is 12.2. The van der Waals surface area contributed by atoms with E-state index >= 15 is 0 Å². The fourth-order valence-corrected chi connectivity index (χ4v) is 3.76. The molecule has 0 saturated heterocycles. The molecule has 0 fully saturated rings. The van der Waals surface area contributed by atoms with E-state index in [1.807, 2.05) is 44.4 Å². The first kappa shape index (κ1) is 18.4. The van der Waals surface area contributed by atoms with E-state index in [9.17, 15) is 4.79 Å². The van der Waals surface area contributed by atoms with Gasteiger partial charge >= 0.3 is 0 Å². The van der Waals surface area contributed by atoms with Gasteiger partial charge in [-0.25, -0.2) is 0 Å². The number of nitrogens with one attached hydrogen (secondary N) is 2. The Morgan fingerprint density at radius 3 is 3.03 bits per heavy atom. The van der Waals surface area contributed by atoms with Gasteiger partial charge in [0.15, 0.2) is 6.20 Å². The van der Waals surface area contributed by atoms with Gasteiger partial charge in [-0.15, -0.1) is 0 Å². The summed E-state index contributed by atoms with van der Waals surface area (Å²) in [6.45, 7) is 4.21. The highest BCUT2D eigenvalue weighted by Crippen LogP contribution is 2.39. The molecular formula is C20H21N8O2+. The summed E-state index contributed by atoms with van der Waals surface area (Å²) < 4.78 is 1.66. The van der Waals surface area contributed by atoms with Gasteiger partial charge < -0.3 is 15.7 Å². The molecule has 2 aromatic rings. The van der Waals surface area contributed by atoms with E-state index in [1.54, 1.807) is 23.3 Å². The SMILES string of the molecule is CC1(C)C(=O)Nc2cc(NC3=N[N+]4(c5cnn(CCO)c5)C=CN=CC4=N3)ccc21. The highest BCUT2D eigenvalue weighted by molar-refractivity contribution is 6.38. The highest BCUT2D eigenvalue weighted by atomic mass is 16.3. The van der Waals surface area contributed by atoms with E-state index in [0.29, 0.717) is 18.3 Å². The summed E-state index contributed by atoms with van der Waals surface area (Å²) in [5.74, 6) is 1.02. The fraction of sp³-hybridized carbons (Fsp3) is 0.250. The molecule has 30 heavy (non-hydrogen) atoms. The quantitative estimate of drug-likeness (QED) is 0.672. The van der Waals surface area contributed by atoms with Crippen molar-refractivity contribution in [3.63, 3.8) is 0 Å². The van der Waals surface area contributed by atoms with Gasteiger partial charge in [-0.2, -0.15) is 10.1 Å². The molecule has 1 atom stereocenters. The van der Waals surface area contributed by atoms with Crippen molar-refractivity contribution >= 4 is 41.0 Å². The normalized spacial score (nSPS) is 23.0. The molecule has 3 aliphatic heterocycles. The maximum Gasteiger partial charge on any atom is 0.287 e. The number of nitrogens with zero attached hydrogens (tertiary/aromatic N) is 6. The molecule has 10 heteroatoms. The van der Waals surface area contributed by atoms with Crippen LogP contribution in [-0.2, 0) is 16.8 Å². The lowest BCUT2D eigenvalue weighted by Gasteiger charge is -2.21. The lowest BCUT2D eigenvalue weighted by Crippen LogP contribution is -2.44. The Morgan fingerprint density at radius 2 is 2.20 bits per heavy atom. The number of fused-ring (bicyclic) bond motifs is 2. The minimum absolute atomic E-state index is 0.00110. The summed E-state index contributed by atoms with van der Waals surface area (Å²) in [6.07, 6.45) is 8.68. The Morgan fingerprint density at radius 1 is 1.33 bits per heavy atom. The average molecular weight is 405 g/mol. The summed E-state index contributed by atoms with van der Waals surface area (Å²) >= 11 is 0. The van der Waals surface area contributed by atoms with Crippen LogP contribution >= 0.6 is 0 Å². The Kier molecular flexibility index (Phi) is 3.95. The number of guanidine groups is 1. The van der Waals surface area contributed by atoms with Crippen molar-refractivity contribution in [3.05, 3.63) is 48.6 Å². The zero-order chi connectivity index (χ0) is 20.9. The largest absolute Gasteiger partial charge is 0.394 e. The van der Waals surface area contributed by atoms with E-state index in [-0.39, 0.29) is 17.1 Å². The number of aromatic nitrogens is 2. The Bertz CT molecular complexity index is 1170. The fourth-order valence-electron chi connectivity index (χ4n) is 3.76. The van der Waals surface area contributed by atoms with Crippen LogP contribution in [0.3, 0.4) is 0 Å². The second kappa shape index (κ2) is 6.44. The van der Waals surface area contributed by atoms with Crippen LogP contribution in [0.4, 0.5) is 17.1 Å². The topological polar surface area (TPSA) is 116 Å². The first-order chi connectivity index (χ1) is 14.4. The number of hydrogen-bond acceptors (Lipinski definition) is 7. The van der Waals surface area contributed by atoms with Gasteiger partial charge in [0.25, 0.3) is 11.8 Å². The predicted molar refractivity (Wildman–Crippen MR) is 115 cm³/mol. The van der Waals surface area contributed by atoms with Crippen LogP contribution in [0.2, 0.25) is 0 Å². The Hall–Kier alpha value is -3.63. The number of hydrogen-bond donors (Lipinski definition) is 3. The third-order valence-electron chi connectivity index (χ3n) is 5.49. The van der Waals surface area contributed by atoms with E-state index in [0.717, 1.165) is 22.6 Å². The van der Waals surface area contributed by atoms with Crippen molar-refractivity contribution in [3.8, 4) is 0 Å². The van der Waals surface area contributed by atoms with Crippen LogP contribution in [0.5, 0.6) is 0 Å². The third-order valence-corrected chi connectivity index (χ3v) is 5.49. The van der Waals surface area contributed by atoms with Crippen LogP contribution in [0, 0.1) is 0 Å². The molecule has 3 N–H and O–H groups in total. The monoisotopic (exact) mass is 405 g/mol. The summed E-state index contributed by atoms with van der Waals surface area (Å²) in [7, 11) is 0. The zero-order valence-electron chi connectivity index (χ0n) is 16.6. The first-order valence-electron chi connectivity index (χ1n) is 9.58.